The van der Waals surface area contributed by atoms with Gasteiger partial charge < -0.3 is 19.9 Å². The molecule has 35 heavy (non-hydrogen) atoms. The molecule has 0 saturated carbocycles. The van der Waals surface area contributed by atoms with Gasteiger partial charge in [-0.25, -0.2) is 4.39 Å². The van der Waals surface area contributed by atoms with Gasteiger partial charge in [0.05, 0.1) is 29.7 Å². The molecule has 2 amide bonds. The third-order valence-corrected chi connectivity index (χ3v) is 6.08. The first-order valence-corrected chi connectivity index (χ1v) is 11.6. The van der Waals surface area contributed by atoms with Crippen molar-refractivity contribution in [2.45, 2.75) is 5.16 Å². The minimum absolute atomic E-state index is 0.0613. The van der Waals surface area contributed by atoms with Gasteiger partial charge in [-0.05, 0) is 48.5 Å². The molecule has 3 aromatic carbocycles. The number of carbonyl (C=O) groups is 2. The Hall–Kier alpha value is -4.18. The van der Waals surface area contributed by atoms with Gasteiger partial charge in [0.15, 0.2) is 11.0 Å². The number of hydrogen-bond acceptors (Lipinski definition) is 6. The molecule has 0 aliphatic rings. The molecule has 0 unspecified atom stereocenters. The number of amides is 2. The molecule has 0 fully saturated rings. The van der Waals surface area contributed by atoms with E-state index in [1.54, 1.807) is 35.9 Å². The molecule has 8 nitrogen and oxygen atoms in total. The smallest absolute Gasteiger partial charge is 0.257 e. The van der Waals surface area contributed by atoms with E-state index in [-0.39, 0.29) is 17.2 Å². The van der Waals surface area contributed by atoms with Crippen LogP contribution in [-0.4, -0.2) is 39.4 Å². The molecule has 4 rings (SSSR count). The topological polar surface area (TPSA) is 98.1 Å². The van der Waals surface area contributed by atoms with E-state index in [0.29, 0.717) is 28.1 Å². The number of benzene rings is 3. The van der Waals surface area contributed by atoms with Crippen molar-refractivity contribution in [3.63, 3.8) is 0 Å². The Bertz CT molecular complexity index is 1360. The maximum absolute atomic E-state index is 13.1. The van der Waals surface area contributed by atoms with Crippen molar-refractivity contribution >= 4 is 35.0 Å². The lowest BCUT2D eigenvalue weighted by Crippen LogP contribution is -2.19. The Morgan fingerprint density at radius 1 is 0.971 bits per heavy atom. The third-order valence-electron chi connectivity index (χ3n) is 5.06. The summed E-state index contributed by atoms with van der Waals surface area (Å²) in [7, 11) is 3.41. The number of methoxy groups -OCH3 is 1. The van der Waals surface area contributed by atoms with Crippen LogP contribution in [0.3, 0.4) is 0 Å². The quantitative estimate of drug-likeness (QED) is 0.349. The number of anilines is 2. The summed E-state index contributed by atoms with van der Waals surface area (Å²) in [4.78, 5) is 25.4. The largest absolute Gasteiger partial charge is 0.496 e. The highest BCUT2D eigenvalue weighted by Crippen LogP contribution is 2.30. The fourth-order valence-electron chi connectivity index (χ4n) is 3.34. The van der Waals surface area contributed by atoms with Gasteiger partial charge in [0.2, 0.25) is 5.91 Å². The first-order valence-electron chi connectivity index (χ1n) is 10.6. The number of carbonyl (C=O) groups excluding carboxylic acids is 2. The lowest BCUT2D eigenvalue weighted by Gasteiger charge is -2.11. The Balaban J connectivity index is 1.41. The van der Waals surface area contributed by atoms with Crippen LogP contribution < -0.4 is 15.4 Å². The number of nitrogens with one attached hydrogen (secondary N) is 2. The van der Waals surface area contributed by atoms with E-state index in [2.05, 4.69) is 20.8 Å². The van der Waals surface area contributed by atoms with Gasteiger partial charge in [-0.1, -0.05) is 36.0 Å². The summed E-state index contributed by atoms with van der Waals surface area (Å²) in [5.74, 6) is 0.229. The van der Waals surface area contributed by atoms with E-state index in [4.69, 9.17) is 4.74 Å². The maximum atomic E-state index is 13.1. The summed E-state index contributed by atoms with van der Waals surface area (Å²) in [6.07, 6.45) is 0. The molecule has 178 valence electrons. The van der Waals surface area contributed by atoms with Gasteiger partial charge in [-0.3, -0.25) is 9.59 Å². The summed E-state index contributed by atoms with van der Waals surface area (Å²) in [5.41, 5.74) is 1.89. The Morgan fingerprint density at radius 2 is 1.69 bits per heavy atom. The van der Waals surface area contributed by atoms with E-state index in [9.17, 15) is 14.0 Å². The van der Waals surface area contributed by atoms with Gasteiger partial charge in [0, 0.05) is 12.7 Å². The average Bonchev–Trinajstić information content (AvgIpc) is 3.24. The number of para-hydroxylation sites is 2. The van der Waals surface area contributed by atoms with Crippen molar-refractivity contribution in [3.05, 3.63) is 84.2 Å². The summed E-state index contributed by atoms with van der Waals surface area (Å²) >= 11 is 1.22. The second kappa shape index (κ2) is 10.8. The zero-order valence-electron chi connectivity index (χ0n) is 19.0. The number of thioether (sulfide) groups is 1. The molecule has 0 bridgehead atoms. The molecular weight excluding hydrogens is 469 g/mol. The molecule has 0 radical (unpaired) electrons. The van der Waals surface area contributed by atoms with Crippen molar-refractivity contribution in [2.24, 2.45) is 7.05 Å². The normalized spacial score (nSPS) is 10.6. The zero-order chi connectivity index (χ0) is 24.8. The number of rotatable bonds is 8. The second-order valence-corrected chi connectivity index (χ2v) is 8.35. The summed E-state index contributed by atoms with van der Waals surface area (Å²) < 4.78 is 20.3. The predicted molar refractivity (Wildman–Crippen MR) is 133 cm³/mol. The number of aromatic nitrogens is 3. The molecule has 1 aromatic heterocycles. The van der Waals surface area contributed by atoms with Gasteiger partial charge in [0.25, 0.3) is 5.91 Å². The summed E-state index contributed by atoms with van der Waals surface area (Å²) in [5, 5.41) is 14.5. The molecule has 0 aliphatic carbocycles. The predicted octanol–water partition coefficient (Wildman–Crippen LogP) is 4.61. The molecule has 0 aliphatic heterocycles. The minimum Gasteiger partial charge on any atom is -0.496 e. The molecule has 0 saturated heterocycles. The standard InChI is InChI=1S/C25H22FN5O3S/c1-31-23(19-8-4-6-10-21(19)34-2)29-30-25(31)35-15-22(32)28-20-9-5-3-7-18(20)24(33)27-17-13-11-16(26)12-14-17/h3-14H,15H2,1-2H3,(H,27,33)(H,28,32). The van der Waals surface area contributed by atoms with Gasteiger partial charge in [0.1, 0.15) is 11.6 Å². The van der Waals surface area contributed by atoms with Crippen molar-refractivity contribution in [2.75, 3.05) is 23.5 Å². The first-order chi connectivity index (χ1) is 17.0. The molecule has 0 atom stereocenters. The van der Waals surface area contributed by atoms with E-state index in [0.717, 1.165) is 5.56 Å². The highest BCUT2D eigenvalue weighted by Gasteiger charge is 2.17. The fraction of sp³-hybridized carbons (Fsp3) is 0.120. The lowest BCUT2D eigenvalue weighted by molar-refractivity contribution is -0.113. The average molecular weight is 492 g/mol. The van der Waals surface area contributed by atoms with Gasteiger partial charge in [-0.2, -0.15) is 0 Å². The lowest BCUT2D eigenvalue weighted by atomic mass is 10.1. The van der Waals surface area contributed by atoms with Crippen LogP contribution in [-0.2, 0) is 11.8 Å². The van der Waals surface area contributed by atoms with Crippen LogP contribution in [0, 0.1) is 5.82 Å². The molecule has 10 heteroatoms. The van der Waals surface area contributed by atoms with Crippen LogP contribution in [0.1, 0.15) is 10.4 Å². The van der Waals surface area contributed by atoms with Crippen molar-refractivity contribution in [3.8, 4) is 17.1 Å². The Labute approximate surface area is 205 Å². The molecular formula is C25H22FN5O3S. The van der Waals surface area contributed by atoms with Crippen molar-refractivity contribution in [1.29, 1.82) is 0 Å². The fourth-order valence-corrected chi connectivity index (χ4v) is 4.05. The highest BCUT2D eigenvalue weighted by atomic mass is 32.2. The molecule has 0 spiro atoms. The number of nitrogens with zero attached hydrogens (tertiary/aromatic N) is 3. The molecule has 2 N–H and O–H groups in total. The molecule has 1 heterocycles. The van der Waals surface area contributed by atoms with E-state index >= 15 is 0 Å². The van der Waals surface area contributed by atoms with E-state index in [1.165, 1.54) is 36.0 Å². The minimum atomic E-state index is -0.421. The maximum Gasteiger partial charge on any atom is 0.257 e. The van der Waals surface area contributed by atoms with Gasteiger partial charge in [-0.15, -0.1) is 10.2 Å². The van der Waals surface area contributed by atoms with Crippen molar-refractivity contribution < 1.29 is 18.7 Å². The van der Waals surface area contributed by atoms with E-state index in [1.807, 2.05) is 31.3 Å². The number of hydrogen-bond donors (Lipinski definition) is 2. The zero-order valence-corrected chi connectivity index (χ0v) is 19.8. The monoisotopic (exact) mass is 491 g/mol. The second-order valence-electron chi connectivity index (χ2n) is 7.41. The van der Waals surface area contributed by atoms with Crippen LogP contribution in [0.4, 0.5) is 15.8 Å². The summed E-state index contributed by atoms with van der Waals surface area (Å²) in [6, 6.07) is 19.6. The van der Waals surface area contributed by atoms with Crippen LogP contribution in [0.25, 0.3) is 11.4 Å². The van der Waals surface area contributed by atoms with Gasteiger partial charge >= 0.3 is 0 Å². The van der Waals surface area contributed by atoms with Crippen LogP contribution >= 0.6 is 11.8 Å². The van der Waals surface area contributed by atoms with Crippen LogP contribution in [0.15, 0.2) is 78.0 Å². The van der Waals surface area contributed by atoms with Crippen LogP contribution in [0.5, 0.6) is 5.75 Å². The van der Waals surface area contributed by atoms with E-state index < -0.39 is 11.7 Å². The molecule has 4 aromatic rings. The van der Waals surface area contributed by atoms with Crippen LogP contribution in [0.2, 0.25) is 0 Å². The Morgan fingerprint density at radius 3 is 2.46 bits per heavy atom. The third kappa shape index (κ3) is 5.67. The summed E-state index contributed by atoms with van der Waals surface area (Å²) in [6.45, 7) is 0. The SMILES string of the molecule is COc1ccccc1-c1nnc(SCC(=O)Nc2ccccc2C(=O)Nc2ccc(F)cc2)n1C. The van der Waals surface area contributed by atoms with Crippen molar-refractivity contribution in [1.82, 2.24) is 14.8 Å². The number of ether oxygens (including phenoxy) is 1. The first kappa shape index (κ1) is 24.0. The highest BCUT2D eigenvalue weighted by molar-refractivity contribution is 7.99. The number of halogens is 1. The Kier molecular flexibility index (Phi) is 7.41.